The van der Waals surface area contributed by atoms with Gasteiger partial charge in [0.15, 0.2) is 5.16 Å². The molecule has 0 aliphatic heterocycles. The highest BCUT2D eigenvalue weighted by Gasteiger charge is 2.28. The number of hydrogen-bond donors (Lipinski definition) is 2. The Hall–Kier alpha value is -1.26. The first kappa shape index (κ1) is 14.2. The summed E-state index contributed by atoms with van der Waals surface area (Å²) in [4.78, 5) is 11.6. The Morgan fingerprint density at radius 2 is 2.42 bits per heavy atom. The van der Waals surface area contributed by atoms with Crippen LogP contribution in [-0.4, -0.2) is 26.1 Å². The van der Waals surface area contributed by atoms with E-state index in [0.717, 1.165) is 30.2 Å². The van der Waals surface area contributed by atoms with E-state index in [-0.39, 0.29) is 5.69 Å². The van der Waals surface area contributed by atoms with Crippen LogP contribution in [0.1, 0.15) is 45.1 Å². The van der Waals surface area contributed by atoms with Crippen molar-refractivity contribution in [1.82, 2.24) is 14.8 Å². The van der Waals surface area contributed by atoms with Gasteiger partial charge in [-0.05, 0) is 32.1 Å². The highest BCUT2D eigenvalue weighted by molar-refractivity contribution is 7.99. The maximum absolute atomic E-state index is 11.6. The lowest BCUT2D eigenvalue weighted by molar-refractivity contribution is 0.478. The quantitative estimate of drug-likeness (QED) is 0.581. The molecule has 1 aromatic rings. The van der Waals surface area contributed by atoms with Crippen molar-refractivity contribution in [2.24, 2.45) is 5.73 Å². The molecule has 0 aromatic carbocycles. The normalized spacial score (nSPS) is 17.9. The Labute approximate surface area is 116 Å². The first-order valence-electron chi connectivity index (χ1n) is 6.59. The molecule has 0 spiro atoms. The van der Waals surface area contributed by atoms with Crippen LogP contribution in [0.2, 0.25) is 0 Å². The number of nitriles is 1. The van der Waals surface area contributed by atoms with Gasteiger partial charge in [-0.2, -0.15) is 5.26 Å². The van der Waals surface area contributed by atoms with Gasteiger partial charge >= 0.3 is 5.69 Å². The molecule has 3 N–H and O–H groups in total. The van der Waals surface area contributed by atoms with E-state index in [0.29, 0.717) is 18.9 Å². The third-order valence-electron chi connectivity index (χ3n) is 3.44. The summed E-state index contributed by atoms with van der Waals surface area (Å²) in [6, 6.07) is 2.49. The molecule has 1 saturated carbocycles. The van der Waals surface area contributed by atoms with Crippen LogP contribution in [0, 0.1) is 11.3 Å². The van der Waals surface area contributed by atoms with Crippen molar-refractivity contribution in [2.75, 3.05) is 5.75 Å². The predicted octanol–water partition coefficient (Wildman–Crippen LogP) is 1.41. The first-order valence-corrected chi connectivity index (χ1v) is 7.58. The SMILES string of the molecule is CCC(N)(C#N)CCCSc1n[nH]c(=O)n1C1CC1. The Morgan fingerprint density at radius 1 is 1.68 bits per heavy atom. The smallest absolute Gasteiger partial charge is 0.313 e. The summed E-state index contributed by atoms with van der Waals surface area (Å²) in [7, 11) is 0. The predicted molar refractivity (Wildman–Crippen MR) is 73.9 cm³/mol. The van der Waals surface area contributed by atoms with Crippen LogP contribution in [0.15, 0.2) is 9.95 Å². The van der Waals surface area contributed by atoms with E-state index in [9.17, 15) is 4.79 Å². The largest absolute Gasteiger partial charge is 0.344 e. The van der Waals surface area contributed by atoms with Crippen molar-refractivity contribution in [2.45, 2.75) is 55.8 Å². The summed E-state index contributed by atoms with van der Waals surface area (Å²) >= 11 is 1.55. The van der Waals surface area contributed by atoms with Gasteiger partial charge in [0.05, 0.1) is 6.07 Å². The fourth-order valence-corrected chi connectivity index (χ4v) is 2.86. The number of rotatable bonds is 7. The van der Waals surface area contributed by atoms with E-state index in [1.54, 1.807) is 16.3 Å². The fraction of sp³-hybridized carbons (Fsp3) is 0.750. The van der Waals surface area contributed by atoms with Crippen LogP contribution in [0.25, 0.3) is 0 Å². The van der Waals surface area contributed by atoms with Gasteiger partial charge in [0.1, 0.15) is 5.54 Å². The minimum atomic E-state index is -0.720. The van der Waals surface area contributed by atoms with Crippen molar-refractivity contribution in [3.63, 3.8) is 0 Å². The molecule has 1 fully saturated rings. The van der Waals surface area contributed by atoms with E-state index < -0.39 is 5.54 Å². The molecule has 104 valence electrons. The van der Waals surface area contributed by atoms with Crippen LogP contribution in [0.3, 0.4) is 0 Å². The monoisotopic (exact) mass is 281 g/mol. The molecular weight excluding hydrogens is 262 g/mol. The van der Waals surface area contributed by atoms with Gasteiger partial charge < -0.3 is 5.73 Å². The lowest BCUT2D eigenvalue weighted by Crippen LogP contribution is -2.37. The van der Waals surface area contributed by atoms with Crippen LogP contribution in [0.5, 0.6) is 0 Å². The number of nitrogens with zero attached hydrogens (tertiary/aromatic N) is 3. The van der Waals surface area contributed by atoms with Gasteiger partial charge in [-0.15, -0.1) is 5.10 Å². The molecule has 1 aromatic heterocycles. The molecule has 2 rings (SSSR count). The zero-order valence-electron chi connectivity index (χ0n) is 11.1. The maximum atomic E-state index is 11.6. The van der Waals surface area contributed by atoms with E-state index in [1.807, 2.05) is 6.92 Å². The van der Waals surface area contributed by atoms with Crippen LogP contribution in [0.4, 0.5) is 0 Å². The molecule has 1 aliphatic carbocycles. The molecule has 1 unspecified atom stereocenters. The third kappa shape index (κ3) is 3.39. The number of H-pyrrole nitrogens is 1. The number of thioether (sulfide) groups is 1. The summed E-state index contributed by atoms with van der Waals surface area (Å²) in [6.07, 6.45) is 4.29. The van der Waals surface area contributed by atoms with Crippen LogP contribution in [-0.2, 0) is 0 Å². The second-order valence-corrected chi connectivity index (χ2v) is 6.05. The van der Waals surface area contributed by atoms with Crippen molar-refractivity contribution >= 4 is 11.8 Å². The Kier molecular flexibility index (Phi) is 4.32. The van der Waals surface area contributed by atoms with Crippen LogP contribution >= 0.6 is 11.8 Å². The molecule has 1 atom stereocenters. The zero-order valence-corrected chi connectivity index (χ0v) is 11.9. The standard InChI is InChI=1S/C12H19N5OS/c1-2-12(14,8-13)6-3-7-19-11-16-15-10(18)17(11)9-4-5-9/h9H,2-7,14H2,1H3,(H,15,18). The highest BCUT2D eigenvalue weighted by Crippen LogP contribution is 2.36. The topological polar surface area (TPSA) is 100 Å². The Bertz CT molecular complexity index is 527. The van der Waals surface area contributed by atoms with E-state index in [1.165, 1.54) is 0 Å². The average molecular weight is 281 g/mol. The van der Waals surface area contributed by atoms with Crippen molar-refractivity contribution < 1.29 is 0 Å². The lowest BCUT2D eigenvalue weighted by atomic mass is 9.94. The van der Waals surface area contributed by atoms with E-state index in [2.05, 4.69) is 16.3 Å². The molecule has 7 heteroatoms. The summed E-state index contributed by atoms with van der Waals surface area (Å²) in [6.45, 7) is 1.93. The maximum Gasteiger partial charge on any atom is 0.344 e. The molecule has 1 aliphatic rings. The number of hydrogen-bond acceptors (Lipinski definition) is 5. The van der Waals surface area contributed by atoms with E-state index in [4.69, 9.17) is 11.0 Å². The average Bonchev–Trinajstić information content (AvgIpc) is 3.19. The minimum Gasteiger partial charge on any atom is -0.313 e. The van der Waals surface area contributed by atoms with Gasteiger partial charge in [0.25, 0.3) is 0 Å². The number of aromatic amines is 1. The van der Waals surface area contributed by atoms with Crippen molar-refractivity contribution in [1.29, 1.82) is 5.26 Å². The molecule has 0 bridgehead atoms. The first-order chi connectivity index (χ1) is 9.09. The molecule has 0 saturated heterocycles. The van der Waals surface area contributed by atoms with E-state index >= 15 is 0 Å². The number of nitrogens with two attached hydrogens (primary N) is 1. The van der Waals surface area contributed by atoms with Crippen LogP contribution < -0.4 is 11.4 Å². The Morgan fingerprint density at radius 3 is 3.00 bits per heavy atom. The zero-order chi connectivity index (χ0) is 13.9. The van der Waals surface area contributed by atoms with Gasteiger partial charge in [-0.3, -0.25) is 4.57 Å². The van der Waals surface area contributed by atoms with Gasteiger partial charge in [0, 0.05) is 11.8 Å². The molecule has 6 nitrogen and oxygen atoms in total. The van der Waals surface area contributed by atoms with Crippen molar-refractivity contribution in [3.05, 3.63) is 10.5 Å². The molecular formula is C12H19N5OS. The highest BCUT2D eigenvalue weighted by atomic mass is 32.2. The van der Waals surface area contributed by atoms with Gasteiger partial charge in [-0.1, -0.05) is 18.7 Å². The Balaban J connectivity index is 1.84. The second-order valence-electron chi connectivity index (χ2n) is 4.99. The lowest BCUT2D eigenvalue weighted by Gasteiger charge is -2.18. The summed E-state index contributed by atoms with van der Waals surface area (Å²) in [5.41, 5.74) is 5.08. The van der Waals surface area contributed by atoms with Crippen molar-refractivity contribution in [3.8, 4) is 6.07 Å². The molecule has 0 radical (unpaired) electrons. The number of nitrogens with one attached hydrogen (secondary N) is 1. The van der Waals surface area contributed by atoms with Gasteiger partial charge in [-0.25, -0.2) is 9.89 Å². The second kappa shape index (κ2) is 5.80. The third-order valence-corrected chi connectivity index (χ3v) is 4.48. The van der Waals surface area contributed by atoms with Gasteiger partial charge in [0.2, 0.25) is 0 Å². The summed E-state index contributed by atoms with van der Waals surface area (Å²) < 4.78 is 1.74. The molecule has 1 heterocycles. The minimum absolute atomic E-state index is 0.122. The summed E-state index contributed by atoms with van der Waals surface area (Å²) in [5, 5.41) is 16.3. The molecule has 19 heavy (non-hydrogen) atoms. The molecule has 0 amide bonds. The summed E-state index contributed by atoms with van der Waals surface area (Å²) in [5.74, 6) is 0.817. The fourth-order valence-electron chi connectivity index (χ4n) is 1.91. The number of aromatic nitrogens is 3.